The van der Waals surface area contributed by atoms with Crippen LogP contribution >= 0.6 is 0 Å². The lowest BCUT2D eigenvalue weighted by Gasteiger charge is -2.23. The highest BCUT2D eigenvalue weighted by Crippen LogP contribution is 2.22. The second-order valence-electron chi connectivity index (χ2n) is 3.56. The zero-order valence-corrected chi connectivity index (χ0v) is 7.59. The molecule has 13 heavy (non-hydrogen) atoms. The molecular formula is C11H14FN. The number of piperidine rings is 1. The third kappa shape index (κ3) is 2.07. The molecule has 1 unspecified atom stereocenters. The van der Waals surface area contributed by atoms with Crippen molar-refractivity contribution >= 4 is 0 Å². The van der Waals surface area contributed by atoms with E-state index in [4.69, 9.17) is 0 Å². The Morgan fingerprint density at radius 1 is 1.31 bits per heavy atom. The second kappa shape index (κ2) is 3.88. The van der Waals surface area contributed by atoms with Crippen molar-refractivity contribution in [3.8, 4) is 0 Å². The summed E-state index contributed by atoms with van der Waals surface area (Å²) in [6, 6.07) is 7.26. The molecule has 1 heterocycles. The molecule has 0 saturated carbocycles. The zero-order valence-electron chi connectivity index (χ0n) is 7.59. The Bertz CT molecular complexity index is 279. The predicted molar refractivity (Wildman–Crippen MR) is 51.0 cm³/mol. The molecule has 1 atom stereocenters. The third-order valence-corrected chi connectivity index (χ3v) is 2.56. The van der Waals surface area contributed by atoms with Crippen LogP contribution in [0.25, 0.3) is 0 Å². The summed E-state index contributed by atoms with van der Waals surface area (Å²) in [6.45, 7) is 1.06. The molecule has 1 N–H and O–H groups in total. The molecule has 0 radical (unpaired) electrons. The fourth-order valence-electron chi connectivity index (χ4n) is 1.86. The molecule has 70 valence electrons. The maximum absolute atomic E-state index is 12.9. The molecule has 1 aliphatic heterocycles. The number of hydrogen-bond acceptors (Lipinski definition) is 1. The van der Waals surface area contributed by atoms with Crippen LogP contribution in [0.3, 0.4) is 0 Å². The van der Waals surface area contributed by atoms with Crippen molar-refractivity contribution in [3.05, 3.63) is 35.6 Å². The highest BCUT2D eigenvalue weighted by molar-refractivity contribution is 5.20. The zero-order chi connectivity index (χ0) is 9.10. The molecule has 1 saturated heterocycles. The number of nitrogens with one attached hydrogen (secondary N) is 1. The van der Waals surface area contributed by atoms with Crippen molar-refractivity contribution in [2.75, 3.05) is 6.54 Å². The monoisotopic (exact) mass is 179 g/mol. The molecule has 0 bridgehead atoms. The van der Waals surface area contributed by atoms with Crippen molar-refractivity contribution in [1.82, 2.24) is 5.32 Å². The molecule has 1 aromatic carbocycles. The smallest absolute Gasteiger partial charge is 0.123 e. The summed E-state index contributed by atoms with van der Waals surface area (Å²) in [5, 5.41) is 3.40. The van der Waals surface area contributed by atoms with Crippen LogP contribution in [0.5, 0.6) is 0 Å². The van der Waals surface area contributed by atoms with Gasteiger partial charge in [0.05, 0.1) is 0 Å². The minimum atomic E-state index is -0.134. The summed E-state index contributed by atoms with van der Waals surface area (Å²) < 4.78 is 12.9. The van der Waals surface area contributed by atoms with E-state index in [0.29, 0.717) is 6.04 Å². The van der Waals surface area contributed by atoms with Gasteiger partial charge in [-0.05, 0) is 37.1 Å². The first-order chi connectivity index (χ1) is 6.36. The van der Waals surface area contributed by atoms with Gasteiger partial charge in [-0.15, -0.1) is 0 Å². The summed E-state index contributed by atoms with van der Waals surface area (Å²) in [5.74, 6) is -0.134. The van der Waals surface area contributed by atoms with Crippen LogP contribution in [0.15, 0.2) is 24.3 Å². The summed E-state index contributed by atoms with van der Waals surface area (Å²) >= 11 is 0. The van der Waals surface area contributed by atoms with Gasteiger partial charge in [0.2, 0.25) is 0 Å². The van der Waals surface area contributed by atoms with Gasteiger partial charge in [-0.25, -0.2) is 4.39 Å². The molecule has 1 fully saturated rings. The van der Waals surface area contributed by atoms with Gasteiger partial charge in [0, 0.05) is 6.04 Å². The summed E-state index contributed by atoms with van der Waals surface area (Å²) in [5.41, 5.74) is 1.08. The summed E-state index contributed by atoms with van der Waals surface area (Å²) in [6.07, 6.45) is 3.61. The number of benzene rings is 1. The maximum atomic E-state index is 12.9. The summed E-state index contributed by atoms with van der Waals surface area (Å²) in [7, 11) is 0. The van der Waals surface area contributed by atoms with E-state index in [1.165, 1.54) is 18.9 Å². The Kier molecular flexibility index (Phi) is 2.60. The van der Waals surface area contributed by atoms with E-state index in [2.05, 4.69) is 5.32 Å². The van der Waals surface area contributed by atoms with E-state index in [1.54, 1.807) is 12.1 Å². The third-order valence-electron chi connectivity index (χ3n) is 2.56. The van der Waals surface area contributed by atoms with Gasteiger partial charge in [0.1, 0.15) is 5.82 Å². The van der Waals surface area contributed by atoms with Crippen LogP contribution in [-0.2, 0) is 0 Å². The van der Waals surface area contributed by atoms with Crippen LogP contribution in [0.4, 0.5) is 4.39 Å². The molecular weight excluding hydrogens is 165 g/mol. The van der Waals surface area contributed by atoms with Crippen molar-refractivity contribution in [3.63, 3.8) is 0 Å². The molecule has 0 amide bonds. The minimum absolute atomic E-state index is 0.134. The summed E-state index contributed by atoms with van der Waals surface area (Å²) in [4.78, 5) is 0. The molecule has 1 aliphatic rings. The minimum Gasteiger partial charge on any atom is -0.310 e. The van der Waals surface area contributed by atoms with E-state index in [9.17, 15) is 4.39 Å². The van der Waals surface area contributed by atoms with Gasteiger partial charge < -0.3 is 5.32 Å². The lowest BCUT2D eigenvalue weighted by molar-refractivity contribution is 0.411. The standard InChI is InChI=1S/C11H14FN/c12-10-5-3-4-9(8-10)11-6-1-2-7-13-11/h3-5,8,11,13H,1-2,6-7H2. The number of halogens is 1. The highest BCUT2D eigenvalue weighted by Gasteiger charge is 2.14. The first-order valence-corrected chi connectivity index (χ1v) is 4.85. The fraction of sp³-hybridized carbons (Fsp3) is 0.455. The Balaban J connectivity index is 2.14. The van der Waals surface area contributed by atoms with Gasteiger partial charge in [0.25, 0.3) is 0 Å². The average Bonchev–Trinajstić information content (AvgIpc) is 2.19. The second-order valence-corrected chi connectivity index (χ2v) is 3.56. The van der Waals surface area contributed by atoms with Crippen LogP contribution in [0.2, 0.25) is 0 Å². The predicted octanol–water partition coefficient (Wildman–Crippen LogP) is 2.64. The van der Waals surface area contributed by atoms with Gasteiger partial charge >= 0.3 is 0 Å². The first-order valence-electron chi connectivity index (χ1n) is 4.85. The van der Waals surface area contributed by atoms with E-state index in [1.807, 2.05) is 6.07 Å². The van der Waals surface area contributed by atoms with Crippen LogP contribution in [0.1, 0.15) is 30.9 Å². The highest BCUT2D eigenvalue weighted by atomic mass is 19.1. The van der Waals surface area contributed by atoms with Crippen LogP contribution in [-0.4, -0.2) is 6.54 Å². The van der Waals surface area contributed by atoms with Crippen molar-refractivity contribution < 1.29 is 4.39 Å². The lowest BCUT2D eigenvalue weighted by atomic mass is 9.98. The Morgan fingerprint density at radius 3 is 2.92 bits per heavy atom. The molecule has 2 rings (SSSR count). The maximum Gasteiger partial charge on any atom is 0.123 e. The lowest BCUT2D eigenvalue weighted by Crippen LogP contribution is -2.26. The topological polar surface area (TPSA) is 12.0 Å². The van der Waals surface area contributed by atoms with Gasteiger partial charge in [-0.3, -0.25) is 0 Å². The van der Waals surface area contributed by atoms with Crippen LogP contribution in [0, 0.1) is 5.82 Å². The number of rotatable bonds is 1. The van der Waals surface area contributed by atoms with E-state index < -0.39 is 0 Å². The van der Waals surface area contributed by atoms with Crippen LogP contribution < -0.4 is 5.32 Å². The van der Waals surface area contributed by atoms with Gasteiger partial charge in [-0.2, -0.15) is 0 Å². The SMILES string of the molecule is Fc1cccc(C2CCCCN2)c1. The quantitative estimate of drug-likeness (QED) is 0.698. The molecule has 0 spiro atoms. The van der Waals surface area contributed by atoms with Crippen molar-refractivity contribution in [2.24, 2.45) is 0 Å². The van der Waals surface area contributed by atoms with Crippen molar-refractivity contribution in [1.29, 1.82) is 0 Å². The molecule has 1 nitrogen and oxygen atoms in total. The van der Waals surface area contributed by atoms with E-state index >= 15 is 0 Å². The normalized spacial score (nSPS) is 23.0. The van der Waals surface area contributed by atoms with E-state index in [0.717, 1.165) is 18.5 Å². The molecule has 1 aromatic rings. The van der Waals surface area contributed by atoms with Gasteiger partial charge in [0.15, 0.2) is 0 Å². The first kappa shape index (κ1) is 8.70. The fourth-order valence-corrected chi connectivity index (χ4v) is 1.86. The van der Waals surface area contributed by atoms with E-state index in [-0.39, 0.29) is 5.82 Å². The Labute approximate surface area is 78.0 Å². The average molecular weight is 179 g/mol. The largest absolute Gasteiger partial charge is 0.310 e. The molecule has 2 heteroatoms. The molecule has 0 aromatic heterocycles. The molecule has 0 aliphatic carbocycles. The Morgan fingerprint density at radius 2 is 2.23 bits per heavy atom. The number of hydrogen-bond donors (Lipinski definition) is 1. The Hall–Kier alpha value is -0.890. The van der Waals surface area contributed by atoms with Crippen molar-refractivity contribution in [2.45, 2.75) is 25.3 Å². The van der Waals surface area contributed by atoms with Gasteiger partial charge in [-0.1, -0.05) is 18.6 Å².